The molecule has 2 amide bonds. The fourth-order valence-electron chi connectivity index (χ4n) is 3.35. The van der Waals surface area contributed by atoms with Gasteiger partial charge in [-0.05, 0) is 29.9 Å². The summed E-state index contributed by atoms with van der Waals surface area (Å²) in [6.07, 6.45) is -0.580. The van der Waals surface area contributed by atoms with Gasteiger partial charge in [-0.3, -0.25) is 4.79 Å². The minimum absolute atomic E-state index is 0.0158. The molecule has 2 atom stereocenters. The fourth-order valence-corrected chi connectivity index (χ4v) is 3.35. The molecule has 0 aliphatic rings. The number of rotatable bonds is 13. The van der Waals surface area contributed by atoms with Crippen LogP contribution in [0.2, 0.25) is 0 Å². The molecule has 0 aliphatic carbocycles. The third kappa shape index (κ3) is 10.6. The molecule has 0 spiro atoms. The van der Waals surface area contributed by atoms with Crippen LogP contribution in [0, 0.1) is 5.92 Å². The van der Waals surface area contributed by atoms with E-state index < -0.39 is 36.0 Å². The van der Waals surface area contributed by atoms with Crippen molar-refractivity contribution in [3.63, 3.8) is 0 Å². The van der Waals surface area contributed by atoms with Gasteiger partial charge >= 0.3 is 18.0 Å². The molecule has 9 heteroatoms. The molecule has 2 aromatic rings. The predicted octanol–water partition coefficient (Wildman–Crippen LogP) is 3.51. The average Bonchev–Trinajstić information content (AvgIpc) is 2.88. The summed E-state index contributed by atoms with van der Waals surface area (Å²) in [5.41, 5.74) is 1.57. The SMILES string of the molecule is COC(=O)[C@H](CC(C)C)NC(=O)CC[C@H](NC(=O)OCc1ccccc1)C(=O)OCc1ccccc1. The molecule has 0 bridgehead atoms. The van der Waals surface area contributed by atoms with Gasteiger partial charge in [0.1, 0.15) is 25.3 Å². The maximum atomic E-state index is 12.8. The lowest BCUT2D eigenvalue weighted by Gasteiger charge is -2.20. The molecule has 194 valence electrons. The van der Waals surface area contributed by atoms with Crippen molar-refractivity contribution in [2.75, 3.05) is 7.11 Å². The van der Waals surface area contributed by atoms with Crippen LogP contribution in [0.25, 0.3) is 0 Å². The minimum atomic E-state index is -1.12. The van der Waals surface area contributed by atoms with Crippen molar-refractivity contribution in [3.05, 3.63) is 71.8 Å². The van der Waals surface area contributed by atoms with E-state index in [4.69, 9.17) is 14.2 Å². The van der Waals surface area contributed by atoms with E-state index in [0.717, 1.165) is 11.1 Å². The van der Waals surface area contributed by atoms with Gasteiger partial charge in [-0.2, -0.15) is 0 Å². The molecule has 0 radical (unpaired) electrons. The lowest BCUT2D eigenvalue weighted by molar-refractivity contribution is -0.148. The van der Waals surface area contributed by atoms with E-state index in [1.807, 2.05) is 50.2 Å². The number of ether oxygens (including phenoxy) is 3. The molecule has 2 N–H and O–H groups in total. The highest BCUT2D eigenvalue weighted by Crippen LogP contribution is 2.10. The summed E-state index contributed by atoms with van der Waals surface area (Å²) < 4.78 is 15.3. The molecule has 9 nitrogen and oxygen atoms in total. The Morgan fingerprint density at radius 1 is 0.750 bits per heavy atom. The highest BCUT2D eigenvalue weighted by Gasteiger charge is 2.26. The Kier molecular flexibility index (Phi) is 12.0. The topological polar surface area (TPSA) is 120 Å². The summed E-state index contributed by atoms with van der Waals surface area (Å²) in [4.78, 5) is 49.7. The van der Waals surface area contributed by atoms with E-state index >= 15 is 0 Å². The molecule has 0 aromatic heterocycles. The van der Waals surface area contributed by atoms with Crippen molar-refractivity contribution in [2.45, 2.75) is 58.4 Å². The molecular weight excluding hydrogens is 464 g/mol. The van der Waals surface area contributed by atoms with E-state index in [2.05, 4.69) is 10.6 Å². The molecular formula is C27H34N2O7. The molecule has 0 aliphatic heterocycles. The molecule has 2 aromatic carbocycles. The number of hydrogen-bond acceptors (Lipinski definition) is 7. The average molecular weight is 499 g/mol. The van der Waals surface area contributed by atoms with Gasteiger partial charge in [-0.15, -0.1) is 0 Å². The highest BCUT2D eigenvalue weighted by atomic mass is 16.6. The number of carbonyl (C=O) groups is 4. The zero-order valence-corrected chi connectivity index (χ0v) is 20.9. The van der Waals surface area contributed by atoms with Gasteiger partial charge in [0.2, 0.25) is 5.91 Å². The van der Waals surface area contributed by atoms with Crippen LogP contribution >= 0.6 is 0 Å². The van der Waals surface area contributed by atoms with Gasteiger partial charge in [0, 0.05) is 6.42 Å². The van der Waals surface area contributed by atoms with Gasteiger partial charge in [-0.1, -0.05) is 74.5 Å². The Bertz CT molecular complexity index is 980. The maximum Gasteiger partial charge on any atom is 0.408 e. The number of amides is 2. The summed E-state index contributed by atoms with van der Waals surface area (Å²) in [5, 5.41) is 5.13. The quantitative estimate of drug-likeness (QED) is 0.320. The molecule has 2 rings (SSSR count). The van der Waals surface area contributed by atoms with Gasteiger partial charge in [0.15, 0.2) is 0 Å². The van der Waals surface area contributed by atoms with E-state index in [9.17, 15) is 19.2 Å². The second-order valence-electron chi connectivity index (χ2n) is 8.66. The van der Waals surface area contributed by atoms with Crippen LogP contribution in [-0.4, -0.2) is 43.1 Å². The largest absolute Gasteiger partial charge is 0.467 e. The van der Waals surface area contributed by atoms with E-state index in [-0.39, 0.29) is 32.0 Å². The number of alkyl carbamates (subject to hydrolysis) is 1. The first-order chi connectivity index (χ1) is 17.3. The second-order valence-corrected chi connectivity index (χ2v) is 8.66. The van der Waals surface area contributed by atoms with Gasteiger partial charge in [-0.25, -0.2) is 14.4 Å². The highest BCUT2D eigenvalue weighted by molar-refractivity contribution is 5.86. The van der Waals surface area contributed by atoms with Crippen molar-refractivity contribution in [2.24, 2.45) is 5.92 Å². The van der Waals surface area contributed by atoms with Crippen LogP contribution in [0.5, 0.6) is 0 Å². The monoisotopic (exact) mass is 498 g/mol. The first-order valence-corrected chi connectivity index (χ1v) is 11.8. The summed E-state index contributed by atoms with van der Waals surface area (Å²) in [7, 11) is 1.26. The Morgan fingerprint density at radius 3 is 1.83 bits per heavy atom. The van der Waals surface area contributed by atoms with Crippen molar-refractivity contribution < 1.29 is 33.4 Å². The molecule has 0 unspecified atom stereocenters. The van der Waals surface area contributed by atoms with Crippen LogP contribution in [-0.2, 0) is 41.8 Å². The Labute approximate surface area is 211 Å². The van der Waals surface area contributed by atoms with Crippen LogP contribution < -0.4 is 10.6 Å². The zero-order chi connectivity index (χ0) is 26.3. The summed E-state index contributed by atoms with van der Waals surface area (Å²) in [6.45, 7) is 3.88. The van der Waals surface area contributed by atoms with Gasteiger partial charge in [0.25, 0.3) is 0 Å². The lowest BCUT2D eigenvalue weighted by atomic mass is 10.0. The third-order valence-corrected chi connectivity index (χ3v) is 5.20. The third-order valence-electron chi connectivity index (χ3n) is 5.20. The number of hydrogen-bond donors (Lipinski definition) is 2. The number of nitrogens with one attached hydrogen (secondary N) is 2. The molecule has 0 saturated heterocycles. The van der Waals surface area contributed by atoms with Crippen molar-refractivity contribution in [3.8, 4) is 0 Å². The fraction of sp³-hybridized carbons (Fsp3) is 0.407. The van der Waals surface area contributed by atoms with Crippen LogP contribution in [0.15, 0.2) is 60.7 Å². The normalized spacial score (nSPS) is 12.2. The Morgan fingerprint density at radius 2 is 1.31 bits per heavy atom. The number of benzene rings is 2. The standard InChI is InChI=1S/C27H34N2O7/c1-19(2)16-23(25(31)34-3)28-24(30)15-14-22(26(32)35-17-20-10-6-4-7-11-20)29-27(33)36-18-21-12-8-5-9-13-21/h4-13,19,22-23H,14-18H2,1-3H3,(H,28,30)(H,29,33)/t22-,23-/m0/s1. The Balaban J connectivity index is 1.98. The van der Waals surface area contributed by atoms with Gasteiger partial charge in [0.05, 0.1) is 7.11 Å². The van der Waals surface area contributed by atoms with E-state index in [1.165, 1.54) is 7.11 Å². The van der Waals surface area contributed by atoms with Crippen molar-refractivity contribution >= 4 is 23.9 Å². The second kappa shape index (κ2) is 15.2. The minimum Gasteiger partial charge on any atom is -0.467 e. The van der Waals surface area contributed by atoms with Crippen molar-refractivity contribution in [1.29, 1.82) is 0 Å². The maximum absolute atomic E-state index is 12.8. The molecule has 36 heavy (non-hydrogen) atoms. The molecule has 0 saturated carbocycles. The van der Waals surface area contributed by atoms with Crippen molar-refractivity contribution in [1.82, 2.24) is 10.6 Å². The van der Waals surface area contributed by atoms with E-state index in [1.54, 1.807) is 24.3 Å². The lowest BCUT2D eigenvalue weighted by Crippen LogP contribution is -2.45. The van der Waals surface area contributed by atoms with Crippen LogP contribution in [0.3, 0.4) is 0 Å². The Hall–Kier alpha value is -3.88. The first-order valence-electron chi connectivity index (χ1n) is 11.8. The van der Waals surface area contributed by atoms with Crippen LogP contribution in [0.4, 0.5) is 4.79 Å². The smallest absolute Gasteiger partial charge is 0.408 e. The summed E-state index contributed by atoms with van der Waals surface area (Å²) in [6, 6.07) is 16.3. The zero-order valence-electron chi connectivity index (χ0n) is 20.9. The molecule has 0 fully saturated rings. The van der Waals surface area contributed by atoms with E-state index in [0.29, 0.717) is 6.42 Å². The van der Waals surface area contributed by atoms with Gasteiger partial charge < -0.3 is 24.8 Å². The number of esters is 2. The number of carbonyl (C=O) groups excluding carboxylic acids is 4. The summed E-state index contributed by atoms with van der Waals surface area (Å²) in [5.74, 6) is -1.55. The summed E-state index contributed by atoms with van der Waals surface area (Å²) >= 11 is 0. The first kappa shape index (κ1) is 28.4. The van der Waals surface area contributed by atoms with Crippen LogP contribution in [0.1, 0.15) is 44.2 Å². The number of methoxy groups -OCH3 is 1. The molecule has 0 heterocycles. The predicted molar refractivity (Wildman–Crippen MR) is 132 cm³/mol.